The van der Waals surface area contributed by atoms with Gasteiger partial charge >= 0.3 is 0 Å². The fraction of sp³-hybridized carbons (Fsp3) is 0.600. The van der Waals surface area contributed by atoms with E-state index in [9.17, 15) is 4.79 Å². The van der Waals surface area contributed by atoms with Crippen molar-refractivity contribution in [2.75, 3.05) is 5.32 Å². The van der Waals surface area contributed by atoms with Gasteiger partial charge in [-0.05, 0) is 19.8 Å². The van der Waals surface area contributed by atoms with Crippen molar-refractivity contribution >= 4 is 11.7 Å². The third kappa shape index (κ3) is 3.72. The Morgan fingerprint density at radius 3 is 2.68 bits per heavy atom. The second-order valence-electron chi connectivity index (χ2n) is 5.59. The molecule has 0 fully saturated rings. The molecule has 2 aromatic rings. The Hall–Kier alpha value is -2.18. The fourth-order valence-corrected chi connectivity index (χ4v) is 2.46. The van der Waals surface area contributed by atoms with Crippen molar-refractivity contribution in [3.05, 3.63) is 24.4 Å². The van der Waals surface area contributed by atoms with Gasteiger partial charge in [0.2, 0.25) is 5.91 Å². The number of hydrogen-bond donors (Lipinski definition) is 1. The third-order valence-corrected chi connectivity index (χ3v) is 3.77. The highest BCUT2D eigenvalue weighted by molar-refractivity contribution is 5.91. The number of nitrogens with zero attached hydrogens (tertiary/aromatic N) is 5. The summed E-state index contributed by atoms with van der Waals surface area (Å²) in [6.45, 7) is 8.58. The first-order valence-electron chi connectivity index (χ1n) is 7.74. The average Bonchev–Trinajstić information content (AvgIpc) is 3.11. The Kier molecular flexibility index (Phi) is 5.30. The minimum Gasteiger partial charge on any atom is -0.311 e. The normalized spacial score (nSPS) is 12.6. The number of carbonyl (C=O) groups excluding carboxylic acids is 1. The number of aryl methyl sites for hydroxylation is 1. The summed E-state index contributed by atoms with van der Waals surface area (Å²) in [6.07, 6.45) is 5.04. The number of nitrogens with one attached hydrogen (secondary N) is 1. The number of rotatable bonds is 7. The van der Waals surface area contributed by atoms with E-state index in [-0.39, 0.29) is 11.8 Å². The molecule has 7 heteroatoms. The van der Waals surface area contributed by atoms with Gasteiger partial charge in [-0.3, -0.25) is 9.48 Å². The molecular weight excluding hydrogens is 280 g/mol. The molecule has 1 N–H and O–H groups in total. The van der Waals surface area contributed by atoms with Crippen LogP contribution in [0, 0.1) is 12.8 Å². The van der Waals surface area contributed by atoms with Gasteiger partial charge in [-0.2, -0.15) is 10.2 Å². The minimum absolute atomic E-state index is 0.0393. The highest BCUT2D eigenvalue weighted by Gasteiger charge is 2.19. The van der Waals surface area contributed by atoms with Crippen LogP contribution in [0.2, 0.25) is 0 Å². The molecular formula is C15H24N6O. The molecule has 22 heavy (non-hydrogen) atoms. The quantitative estimate of drug-likeness (QED) is 0.852. The summed E-state index contributed by atoms with van der Waals surface area (Å²) < 4.78 is 3.59. The number of hydrogen-bond acceptors (Lipinski definition) is 4. The van der Waals surface area contributed by atoms with E-state index >= 15 is 0 Å². The SMILES string of the molecule is CCC(CC)n1nc(C)cc1NC(=O)[C@H](C)Cn1cncn1. The molecule has 0 spiro atoms. The lowest BCUT2D eigenvalue weighted by molar-refractivity contribution is -0.119. The molecule has 0 aliphatic carbocycles. The number of anilines is 1. The summed E-state index contributed by atoms with van der Waals surface area (Å²) in [5.74, 6) is 0.524. The average molecular weight is 304 g/mol. The Bertz CT molecular complexity index is 600. The summed E-state index contributed by atoms with van der Waals surface area (Å²) in [7, 11) is 0. The number of aromatic nitrogens is 5. The van der Waals surface area contributed by atoms with Gasteiger partial charge in [0.15, 0.2) is 0 Å². The predicted molar refractivity (Wildman–Crippen MR) is 84.4 cm³/mol. The summed E-state index contributed by atoms with van der Waals surface area (Å²) >= 11 is 0. The van der Waals surface area contributed by atoms with Crippen molar-refractivity contribution in [1.82, 2.24) is 24.5 Å². The smallest absolute Gasteiger partial charge is 0.230 e. The van der Waals surface area contributed by atoms with Crippen molar-refractivity contribution in [1.29, 1.82) is 0 Å². The van der Waals surface area contributed by atoms with Crippen molar-refractivity contribution in [3.8, 4) is 0 Å². The van der Waals surface area contributed by atoms with Crippen LogP contribution in [0.5, 0.6) is 0 Å². The monoisotopic (exact) mass is 304 g/mol. The first-order chi connectivity index (χ1) is 10.5. The van der Waals surface area contributed by atoms with Crippen LogP contribution in [0.3, 0.4) is 0 Å². The molecule has 7 nitrogen and oxygen atoms in total. The second kappa shape index (κ2) is 7.20. The maximum Gasteiger partial charge on any atom is 0.230 e. The van der Waals surface area contributed by atoms with Crippen LogP contribution in [-0.4, -0.2) is 30.5 Å². The Balaban J connectivity index is 2.07. The third-order valence-electron chi connectivity index (χ3n) is 3.77. The molecule has 120 valence electrons. The van der Waals surface area contributed by atoms with Crippen LogP contribution >= 0.6 is 0 Å². The van der Waals surface area contributed by atoms with E-state index in [1.807, 2.05) is 24.6 Å². The maximum absolute atomic E-state index is 12.4. The zero-order valence-corrected chi connectivity index (χ0v) is 13.7. The Morgan fingerprint density at radius 2 is 2.09 bits per heavy atom. The van der Waals surface area contributed by atoms with Crippen LogP contribution in [0.1, 0.15) is 45.3 Å². The molecule has 1 atom stereocenters. The first-order valence-corrected chi connectivity index (χ1v) is 7.74. The first kappa shape index (κ1) is 16.2. The lowest BCUT2D eigenvalue weighted by Crippen LogP contribution is -2.26. The molecule has 0 aliphatic heterocycles. The van der Waals surface area contributed by atoms with Crippen molar-refractivity contribution < 1.29 is 4.79 Å². The van der Waals surface area contributed by atoms with Crippen LogP contribution in [0.4, 0.5) is 5.82 Å². The molecule has 0 bridgehead atoms. The summed E-state index contributed by atoms with van der Waals surface area (Å²) in [4.78, 5) is 16.3. The van der Waals surface area contributed by atoms with Gasteiger partial charge in [-0.15, -0.1) is 0 Å². The number of amides is 1. The van der Waals surface area contributed by atoms with Gasteiger partial charge in [-0.25, -0.2) is 9.67 Å². The molecule has 2 aromatic heterocycles. The minimum atomic E-state index is -0.202. The standard InChI is InChI=1S/C15H24N6O/c1-5-13(6-2)21-14(7-12(4)19-21)18-15(22)11(3)8-20-10-16-9-17-20/h7,9-11,13H,5-6,8H2,1-4H3,(H,18,22)/t11-/m1/s1. The van der Waals surface area contributed by atoms with Gasteiger partial charge < -0.3 is 5.32 Å². The van der Waals surface area contributed by atoms with Gasteiger partial charge in [-0.1, -0.05) is 20.8 Å². The largest absolute Gasteiger partial charge is 0.311 e. The van der Waals surface area contributed by atoms with E-state index in [4.69, 9.17) is 0 Å². The van der Waals surface area contributed by atoms with Crippen molar-refractivity contribution in [2.45, 2.75) is 53.1 Å². The van der Waals surface area contributed by atoms with E-state index in [2.05, 4.69) is 34.3 Å². The Morgan fingerprint density at radius 1 is 1.36 bits per heavy atom. The van der Waals surface area contributed by atoms with E-state index in [1.54, 1.807) is 11.0 Å². The molecule has 2 rings (SSSR count). The molecule has 0 unspecified atom stereocenters. The summed E-state index contributed by atoms with van der Waals surface area (Å²) in [5, 5.41) is 11.5. The van der Waals surface area contributed by atoms with E-state index in [0.29, 0.717) is 12.6 Å². The molecule has 2 heterocycles. The lowest BCUT2D eigenvalue weighted by Gasteiger charge is -2.18. The van der Waals surface area contributed by atoms with Gasteiger partial charge in [0.1, 0.15) is 18.5 Å². The highest BCUT2D eigenvalue weighted by atomic mass is 16.2. The zero-order chi connectivity index (χ0) is 16.1. The fourth-order valence-electron chi connectivity index (χ4n) is 2.46. The second-order valence-corrected chi connectivity index (χ2v) is 5.59. The molecule has 1 amide bonds. The van der Waals surface area contributed by atoms with Crippen LogP contribution in [0.15, 0.2) is 18.7 Å². The zero-order valence-electron chi connectivity index (χ0n) is 13.7. The van der Waals surface area contributed by atoms with E-state index < -0.39 is 0 Å². The molecule has 0 radical (unpaired) electrons. The summed E-state index contributed by atoms with van der Waals surface area (Å²) in [6, 6.07) is 2.22. The van der Waals surface area contributed by atoms with Gasteiger partial charge in [0.25, 0.3) is 0 Å². The van der Waals surface area contributed by atoms with E-state index in [1.165, 1.54) is 6.33 Å². The number of carbonyl (C=O) groups is 1. The lowest BCUT2D eigenvalue weighted by atomic mass is 10.1. The maximum atomic E-state index is 12.4. The molecule has 0 saturated carbocycles. The highest BCUT2D eigenvalue weighted by Crippen LogP contribution is 2.22. The van der Waals surface area contributed by atoms with Crippen LogP contribution < -0.4 is 5.32 Å². The van der Waals surface area contributed by atoms with Crippen LogP contribution in [-0.2, 0) is 11.3 Å². The summed E-state index contributed by atoms with van der Waals surface area (Å²) in [5.41, 5.74) is 0.908. The topological polar surface area (TPSA) is 77.6 Å². The van der Waals surface area contributed by atoms with Gasteiger partial charge in [0.05, 0.1) is 24.2 Å². The van der Waals surface area contributed by atoms with E-state index in [0.717, 1.165) is 24.4 Å². The molecule has 0 saturated heterocycles. The Labute approximate surface area is 130 Å². The van der Waals surface area contributed by atoms with Gasteiger partial charge in [0, 0.05) is 6.07 Å². The molecule has 0 aromatic carbocycles. The van der Waals surface area contributed by atoms with Crippen molar-refractivity contribution in [2.24, 2.45) is 5.92 Å². The molecule has 0 aliphatic rings. The predicted octanol–water partition coefficient (Wildman–Crippen LogP) is 2.42. The van der Waals surface area contributed by atoms with Crippen molar-refractivity contribution in [3.63, 3.8) is 0 Å². The van der Waals surface area contributed by atoms with Crippen LogP contribution in [0.25, 0.3) is 0 Å².